The normalized spacial score (nSPS) is 24.6. The minimum absolute atomic E-state index is 0.106. The van der Waals surface area contributed by atoms with Crippen molar-refractivity contribution in [1.82, 2.24) is 0 Å². The highest BCUT2D eigenvalue weighted by Crippen LogP contribution is 2.40. The summed E-state index contributed by atoms with van der Waals surface area (Å²) in [6.07, 6.45) is 2.09. The highest BCUT2D eigenvalue weighted by atomic mass is 16.5. The summed E-state index contributed by atoms with van der Waals surface area (Å²) >= 11 is 0. The molecule has 0 aliphatic heterocycles. The Labute approximate surface area is 110 Å². The van der Waals surface area contributed by atoms with Gasteiger partial charge in [0.05, 0.1) is 7.11 Å². The van der Waals surface area contributed by atoms with Crippen molar-refractivity contribution in [3.05, 3.63) is 28.3 Å². The first-order valence-corrected chi connectivity index (χ1v) is 6.61. The Hall–Kier alpha value is -1.06. The van der Waals surface area contributed by atoms with Crippen molar-refractivity contribution in [1.29, 1.82) is 0 Å². The molecule has 3 heteroatoms. The van der Waals surface area contributed by atoms with E-state index in [1.165, 1.54) is 22.3 Å². The first kappa shape index (κ1) is 13.4. The van der Waals surface area contributed by atoms with Gasteiger partial charge >= 0.3 is 0 Å². The maximum atomic E-state index is 6.43. The molecule has 0 heterocycles. The van der Waals surface area contributed by atoms with Crippen LogP contribution in [0.25, 0.3) is 0 Å². The van der Waals surface area contributed by atoms with Gasteiger partial charge in [-0.05, 0) is 67.9 Å². The number of nitrogens with two attached hydrogens (primary N) is 2. The van der Waals surface area contributed by atoms with Crippen LogP contribution in [-0.4, -0.2) is 13.2 Å². The van der Waals surface area contributed by atoms with Crippen LogP contribution in [0.5, 0.6) is 5.75 Å². The van der Waals surface area contributed by atoms with Crippen molar-refractivity contribution in [2.24, 2.45) is 17.4 Å². The van der Waals surface area contributed by atoms with E-state index in [1.807, 2.05) is 0 Å². The topological polar surface area (TPSA) is 61.3 Å². The predicted molar refractivity (Wildman–Crippen MR) is 74.8 cm³/mol. The van der Waals surface area contributed by atoms with Crippen molar-refractivity contribution in [3.8, 4) is 5.75 Å². The molecule has 18 heavy (non-hydrogen) atoms. The summed E-state index contributed by atoms with van der Waals surface area (Å²) in [5.74, 6) is 1.48. The average Bonchev–Trinajstić information content (AvgIpc) is 2.29. The van der Waals surface area contributed by atoms with Crippen LogP contribution in [-0.2, 0) is 0 Å². The molecule has 1 saturated carbocycles. The number of rotatable bonds is 3. The Morgan fingerprint density at radius 3 is 2.33 bits per heavy atom. The fraction of sp³-hybridized carbons (Fsp3) is 0.600. The molecule has 0 amide bonds. The van der Waals surface area contributed by atoms with Gasteiger partial charge in [-0.3, -0.25) is 0 Å². The quantitative estimate of drug-likeness (QED) is 0.863. The van der Waals surface area contributed by atoms with Gasteiger partial charge in [0.2, 0.25) is 0 Å². The summed E-state index contributed by atoms with van der Waals surface area (Å²) in [7, 11) is 1.71. The summed E-state index contributed by atoms with van der Waals surface area (Å²) in [6.45, 7) is 6.34. The van der Waals surface area contributed by atoms with E-state index in [0.29, 0.717) is 12.0 Å². The van der Waals surface area contributed by atoms with Gasteiger partial charge in [-0.1, -0.05) is 0 Å². The predicted octanol–water partition coefficient (Wildman–Crippen LogP) is 2.36. The molecule has 0 radical (unpaired) electrons. The highest BCUT2D eigenvalue weighted by molar-refractivity contribution is 5.49. The summed E-state index contributed by atoms with van der Waals surface area (Å²) in [5, 5.41) is 0. The second kappa shape index (κ2) is 4.90. The number of ether oxygens (including phenoxy) is 1. The van der Waals surface area contributed by atoms with E-state index in [1.54, 1.807) is 7.11 Å². The Balaban J connectivity index is 2.35. The lowest BCUT2D eigenvalue weighted by Crippen LogP contribution is -2.42. The average molecular weight is 248 g/mol. The fourth-order valence-corrected chi connectivity index (χ4v) is 3.03. The van der Waals surface area contributed by atoms with Crippen molar-refractivity contribution < 1.29 is 4.74 Å². The van der Waals surface area contributed by atoms with Crippen LogP contribution in [0.2, 0.25) is 0 Å². The maximum absolute atomic E-state index is 6.43. The van der Waals surface area contributed by atoms with E-state index < -0.39 is 0 Å². The van der Waals surface area contributed by atoms with Gasteiger partial charge in [0.1, 0.15) is 5.75 Å². The first-order valence-electron chi connectivity index (χ1n) is 6.61. The third-order valence-corrected chi connectivity index (χ3v) is 4.38. The van der Waals surface area contributed by atoms with Crippen LogP contribution in [0.4, 0.5) is 0 Å². The molecule has 4 N–H and O–H groups in total. The number of methoxy groups -OCH3 is 1. The molecule has 1 atom stereocenters. The second-order valence-corrected chi connectivity index (χ2v) is 5.58. The van der Waals surface area contributed by atoms with E-state index in [0.717, 1.165) is 18.6 Å². The molecule has 1 aliphatic carbocycles. The lowest BCUT2D eigenvalue weighted by molar-refractivity contribution is 0.223. The van der Waals surface area contributed by atoms with Crippen LogP contribution in [0.15, 0.2) is 6.07 Å². The van der Waals surface area contributed by atoms with Gasteiger partial charge in [0, 0.05) is 12.1 Å². The molecule has 100 valence electrons. The number of hydrogen-bond donors (Lipinski definition) is 2. The van der Waals surface area contributed by atoms with Crippen molar-refractivity contribution in [2.45, 2.75) is 45.7 Å². The number of aryl methyl sites for hydroxylation is 1. The minimum Gasteiger partial charge on any atom is -0.496 e. The molecule has 0 saturated heterocycles. The molecular formula is C15H24N2O. The van der Waals surface area contributed by atoms with Gasteiger partial charge in [-0.2, -0.15) is 0 Å². The van der Waals surface area contributed by atoms with Gasteiger partial charge in [-0.25, -0.2) is 0 Å². The molecule has 1 aromatic carbocycles. The van der Waals surface area contributed by atoms with E-state index in [4.69, 9.17) is 16.2 Å². The molecule has 3 nitrogen and oxygen atoms in total. The highest BCUT2D eigenvalue weighted by Gasteiger charge is 2.33. The van der Waals surface area contributed by atoms with E-state index in [-0.39, 0.29) is 6.04 Å². The van der Waals surface area contributed by atoms with Crippen LogP contribution < -0.4 is 16.2 Å². The lowest BCUT2D eigenvalue weighted by atomic mass is 9.72. The Morgan fingerprint density at radius 1 is 1.22 bits per heavy atom. The third kappa shape index (κ3) is 2.13. The second-order valence-electron chi connectivity index (χ2n) is 5.58. The third-order valence-electron chi connectivity index (χ3n) is 4.38. The molecule has 1 fully saturated rings. The summed E-state index contributed by atoms with van der Waals surface area (Å²) < 4.78 is 5.40. The van der Waals surface area contributed by atoms with E-state index >= 15 is 0 Å². The van der Waals surface area contributed by atoms with Crippen LogP contribution >= 0.6 is 0 Å². The monoisotopic (exact) mass is 248 g/mol. The van der Waals surface area contributed by atoms with Crippen molar-refractivity contribution in [3.63, 3.8) is 0 Å². The smallest absolute Gasteiger partial charge is 0.122 e. The van der Waals surface area contributed by atoms with Crippen LogP contribution in [0.3, 0.4) is 0 Å². The Kier molecular flexibility index (Phi) is 3.64. The zero-order valence-corrected chi connectivity index (χ0v) is 11.8. The van der Waals surface area contributed by atoms with Crippen molar-refractivity contribution in [2.75, 3.05) is 7.11 Å². The van der Waals surface area contributed by atoms with Gasteiger partial charge < -0.3 is 16.2 Å². The largest absolute Gasteiger partial charge is 0.496 e. The maximum Gasteiger partial charge on any atom is 0.122 e. The molecular weight excluding hydrogens is 224 g/mol. The zero-order valence-electron chi connectivity index (χ0n) is 11.8. The molecule has 0 spiro atoms. The summed E-state index contributed by atoms with van der Waals surface area (Å²) in [4.78, 5) is 0. The van der Waals surface area contributed by atoms with Gasteiger partial charge in [0.15, 0.2) is 0 Å². The molecule has 1 aliphatic rings. The summed E-state index contributed by atoms with van der Waals surface area (Å²) in [6, 6.07) is 2.55. The Morgan fingerprint density at radius 2 is 1.83 bits per heavy atom. The van der Waals surface area contributed by atoms with E-state index in [9.17, 15) is 0 Å². The first-order chi connectivity index (χ1) is 8.45. The zero-order chi connectivity index (χ0) is 13.4. The molecule has 1 unspecified atom stereocenters. The Bertz CT molecular complexity index is 450. The van der Waals surface area contributed by atoms with Crippen LogP contribution in [0.1, 0.15) is 41.1 Å². The molecule has 0 aromatic heterocycles. The van der Waals surface area contributed by atoms with Gasteiger partial charge in [-0.15, -0.1) is 0 Å². The fourth-order valence-electron chi connectivity index (χ4n) is 3.03. The summed E-state index contributed by atoms with van der Waals surface area (Å²) in [5.41, 5.74) is 17.3. The van der Waals surface area contributed by atoms with E-state index in [2.05, 4.69) is 26.8 Å². The number of benzene rings is 1. The number of hydrogen-bond acceptors (Lipinski definition) is 3. The SMILES string of the molecule is COc1cc(C)c(C(N)C2CC(N)C2)c(C)c1C. The molecule has 0 bridgehead atoms. The van der Waals surface area contributed by atoms with Gasteiger partial charge in [0.25, 0.3) is 0 Å². The minimum atomic E-state index is 0.106. The van der Waals surface area contributed by atoms with Crippen LogP contribution in [0, 0.1) is 26.7 Å². The molecule has 2 rings (SSSR count). The standard InChI is InChI=1S/C15H24N2O/c1-8-5-13(18-4)9(2)10(3)14(8)15(17)11-6-12(16)7-11/h5,11-12,15H,6-7,16-17H2,1-4H3. The molecule has 1 aromatic rings. The lowest BCUT2D eigenvalue weighted by Gasteiger charge is -2.38. The van der Waals surface area contributed by atoms with Crippen molar-refractivity contribution >= 4 is 0 Å².